The van der Waals surface area contributed by atoms with E-state index in [9.17, 15) is 4.79 Å². The van der Waals surface area contributed by atoms with E-state index in [0.29, 0.717) is 18.4 Å². The molecule has 1 saturated carbocycles. The van der Waals surface area contributed by atoms with E-state index in [4.69, 9.17) is 0 Å². The van der Waals surface area contributed by atoms with Crippen molar-refractivity contribution >= 4 is 18.3 Å². The van der Waals surface area contributed by atoms with Crippen LogP contribution in [0, 0.1) is 5.92 Å². The summed E-state index contributed by atoms with van der Waals surface area (Å²) in [6, 6.07) is 11.0. The molecule has 122 valence electrons. The van der Waals surface area contributed by atoms with Crippen molar-refractivity contribution in [3.63, 3.8) is 0 Å². The molecule has 0 radical (unpaired) electrons. The topological polar surface area (TPSA) is 41.1 Å². The predicted octanol–water partition coefficient (Wildman–Crippen LogP) is 3.25. The summed E-state index contributed by atoms with van der Waals surface area (Å²) in [5, 5.41) is 6.57. The molecule has 0 bridgehead atoms. The minimum Gasteiger partial charge on any atom is -0.353 e. The first-order chi connectivity index (χ1) is 10.3. The highest BCUT2D eigenvalue weighted by Gasteiger charge is 2.31. The molecule has 1 heterocycles. The highest BCUT2D eigenvalue weighted by atomic mass is 35.5. The van der Waals surface area contributed by atoms with Crippen LogP contribution >= 0.6 is 12.4 Å². The van der Waals surface area contributed by atoms with Gasteiger partial charge in [0.2, 0.25) is 5.91 Å². The maximum atomic E-state index is 12.0. The summed E-state index contributed by atoms with van der Waals surface area (Å²) >= 11 is 0. The first-order valence-electron chi connectivity index (χ1n) is 8.36. The lowest BCUT2D eigenvalue weighted by Gasteiger charge is -2.36. The van der Waals surface area contributed by atoms with Gasteiger partial charge in [0.1, 0.15) is 0 Å². The number of carbonyl (C=O) groups is 1. The maximum Gasteiger partial charge on any atom is 0.220 e. The van der Waals surface area contributed by atoms with E-state index >= 15 is 0 Å². The molecule has 0 aromatic heterocycles. The first kappa shape index (κ1) is 17.3. The van der Waals surface area contributed by atoms with Gasteiger partial charge in [0.15, 0.2) is 0 Å². The van der Waals surface area contributed by atoms with Crippen molar-refractivity contribution < 1.29 is 4.79 Å². The van der Waals surface area contributed by atoms with Gasteiger partial charge in [-0.15, -0.1) is 12.4 Å². The van der Waals surface area contributed by atoms with Gasteiger partial charge in [-0.3, -0.25) is 4.79 Å². The molecule has 3 rings (SSSR count). The fourth-order valence-electron chi connectivity index (χ4n) is 3.54. The Balaban J connectivity index is 0.00000176. The zero-order valence-corrected chi connectivity index (χ0v) is 13.9. The van der Waals surface area contributed by atoms with Crippen LogP contribution in [0.5, 0.6) is 0 Å². The number of carbonyl (C=O) groups excluding carboxylic acids is 1. The van der Waals surface area contributed by atoms with Gasteiger partial charge >= 0.3 is 0 Å². The normalized spacial score (nSPS) is 24.9. The second kappa shape index (κ2) is 8.54. The highest BCUT2D eigenvalue weighted by molar-refractivity contribution is 5.85. The molecule has 2 aliphatic rings. The Morgan fingerprint density at radius 2 is 1.82 bits per heavy atom. The second-order valence-corrected chi connectivity index (χ2v) is 6.58. The number of piperidine rings is 1. The number of nitrogens with one attached hydrogen (secondary N) is 2. The SMILES string of the molecule is Cl.O=C(CCC1CCNCC1)NC1CC(c2ccccc2)C1. The van der Waals surface area contributed by atoms with Crippen molar-refractivity contribution in [2.75, 3.05) is 13.1 Å². The van der Waals surface area contributed by atoms with Crippen molar-refractivity contribution in [3.05, 3.63) is 35.9 Å². The molecule has 0 atom stereocenters. The van der Waals surface area contributed by atoms with Crippen LogP contribution in [0.15, 0.2) is 30.3 Å². The van der Waals surface area contributed by atoms with Crippen LogP contribution in [0.3, 0.4) is 0 Å². The molecule has 22 heavy (non-hydrogen) atoms. The Bertz CT molecular complexity index is 453. The van der Waals surface area contributed by atoms with Crippen LogP contribution in [0.25, 0.3) is 0 Å². The smallest absolute Gasteiger partial charge is 0.220 e. The van der Waals surface area contributed by atoms with Crippen LogP contribution in [0.1, 0.15) is 50.0 Å². The van der Waals surface area contributed by atoms with E-state index < -0.39 is 0 Å². The van der Waals surface area contributed by atoms with Crippen LogP contribution in [-0.4, -0.2) is 25.0 Å². The van der Waals surface area contributed by atoms with E-state index in [1.54, 1.807) is 0 Å². The average molecular weight is 323 g/mol. The van der Waals surface area contributed by atoms with Gasteiger partial charge in [0, 0.05) is 12.5 Å². The first-order valence-corrected chi connectivity index (χ1v) is 8.36. The summed E-state index contributed by atoms with van der Waals surface area (Å²) < 4.78 is 0. The van der Waals surface area contributed by atoms with Gasteiger partial charge in [0.25, 0.3) is 0 Å². The summed E-state index contributed by atoms with van der Waals surface area (Å²) in [4.78, 5) is 12.0. The molecule has 0 unspecified atom stereocenters. The molecule has 1 saturated heterocycles. The summed E-state index contributed by atoms with van der Waals surface area (Å²) in [6.45, 7) is 2.24. The van der Waals surface area contributed by atoms with Crippen LogP contribution < -0.4 is 10.6 Å². The molecular formula is C18H27ClN2O. The van der Waals surface area contributed by atoms with E-state index in [1.165, 1.54) is 18.4 Å². The summed E-state index contributed by atoms with van der Waals surface area (Å²) in [5.74, 6) is 1.64. The fourth-order valence-corrected chi connectivity index (χ4v) is 3.54. The molecule has 1 aromatic rings. The van der Waals surface area contributed by atoms with Gasteiger partial charge in [0.05, 0.1) is 0 Å². The molecule has 2 N–H and O–H groups in total. The zero-order valence-electron chi connectivity index (χ0n) is 13.1. The second-order valence-electron chi connectivity index (χ2n) is 6.58. The van der Waals surface area contributed by atoms with Gasteiger partial charge in [-0.2, -0.15) is 0 Å². The van der Waals surface area contributed by atoms with Crippen molar-refractivity contribution in [3.8, 4) is 0 Å². The van der Waals surface area contributed by atoms with Gasteiger partial charge < -0.3 is 10.6 Å². The number of hydrogen-bond acceptors (Lipinski definition) is 2. The van der Waals surface area contributed by atoms with Crippen LogP contribution in [0.4, 0.5) is 0 Å². The summed E-state index contributed by atoms with van der Waals surface area (Å²) in [6.07, 6.45) is 6.42. The molecule has 3 nitrogen and oxygen atoms in total. The number of halogens is 1. The number of hydrogen-bond donors (Lipinski definition) is 2. The van der Waals surface area contributed by atoms with E-state index in [0.717, 1.165) is 38.3 Å². The average Bonchev–Trinajstić information content (AvgIpc) is 2.50. The molecule has 1 amide bonds. The Morgan fingerprint density at radius 3 is 2.50 bits per heavy atom. The lowest BCUT2D eigenvalue weighted by Crippen LogP contribution is -2.43. The molecular weight excluding hydrogens is 296 g/mol. The third-order valence-corrected chi connectivity index (χ3v) is 5.01. The van der Waals surface area contributed by atoms with E-state index in [2.05, 4.69) is 41.0 Å². The number of amides is 1. The van der Waals surface area contributed by atoms with Crippen LogP contribution in [-0.2, 0) is 4.79 Å². The zero-order chi connectivity index (χ0) is 14.5. The monoisotopic (exact) mass is 322 g/mol. The number of benzene rings is 1. The third kappa shape index (κ3) is 4.72. The Labute approximate surface area is 139 Å². The molecule has 0 spiro atoms. The number of rotatable bonds is 5. The lowest BCUT2D eigenvalue weighted by atomic mass is 9.76. The molecule has 1 aliphatic carbocycles. The van der Waals surface area contributed by atoms with Crippen molar-refractivity contribution in [2.24, 2.45) is 5.92 Å². The largest absolute Gasteiger partial charge is 0.353 e. The predicted molar refractivity (Wildman–Crippen MR) is 92.4 cm³/mol. The van der Waals surface area contributed by atoms with Crippen molar-refractivity contribution in [1.29, 1.82) is 0 Å². The quantitative estimate of drug-likeness (QED) is 0.873. The molecule has 2 fully saturated rings. The Kier molecular flexibility index (Phi) is 6.71. The fraction of sp³-hybridized carbons (Fsp3) is 0.611. The highest BCUT2D eigenvalue weighted by Crippen LogP contribution is 2.36. The third-order valence-electron chi connectivity index (χ3n) is 5.01. The van der Waals surface area contributed by atoms with Gasteiger partial charge in [-0.1, -0.05) is 30.3 Å². The van der Waals surface area contributed by atoms with E-state index in [1.807, 2.05) is 0 Å². The summed E-state index contributed by atoms with van der Waals surface area (Å²) in [7, 11) is 0. The maximum absolute atomic E-state index is 12.0. The van der Waals surface area contributed by atoms with E-state index in [-0.39, 0.29) is 18.3 Å². The van der Waals surface area contributed by atoms with Crippen molar-refractivity contribution in [2.45, 2.75) is 50.5 Å². The van der Waals surface area contributed by atoms with Gasteiger partial charge in [-0.25, -0.2) is 0 Å². The van der Waals surface area contributed by atoms with Gasteiger partial charge in [-0.05, 0) is 62.6 Å². The molecule has 1 aliphatic heterocycles. The Hall–Kier alpha value is -1.06. The summed E-state index contributed by atoms with van der Waals surface area (Å²) in [5.41, 5.74) is 1.41. The standard InChI is InChI=1S/C18H26N2O.ClH/c21-18(7-6-14-8-10-19-11-9-14)20-17-12-16(13-17)15-4-2-1-3-5-15;/h1-5,14,16-17,19H,6-13H2,(H,20,21);1H. The lowest BCUT2D eigenvalue weighted by molar-refractivity contribution is -0.122. The molecule has 4 heteroatoms. The van der Waals surface area contributed by atoms with Crippen molar-refractivity contribution in [1.82, 2.24) is 10.6 Å². The Morgan fingerprint density at radius 1 is 1.14 bits per heavy atom. The molecule has 1 aromatic carbocycles. The van der Waals surface area contributed by atoms with Crippen LogP contribution in [0.2, 0.25) is 0 Å². The minimum absolute atomic E-state index is 0. The minimum atomic E-state index is 0.